The van der Waals surface area contributed by atoms with Gasteiger partial charge in [-0.3, -0.25) is 0 Å². The summed E-state index contributed by atoms with van der Waals surface area (Å²) in [4.78, 5) is 0. The standard InChI is InChI=1S/C5H9.C4H8O.Li/c2*1-2-4-5-3-1;/h1H,2-5H2;1-4H2;/q-1;;+1. The van der Waals surface area contributed by atoms with Gasteiger partial charge in [-0.1, -0.05) is 12.8 Å². The topological polar surface area (TPSA) is 9.23 Å². The van der Waals surface area contributed by atoms with E-state index < -0.39 is 0 Å². The van der Waals surface area contributed by atoms with Crippen LogP contribution in [0.15, 0.2) is 0 Å². The molecule has 1 saturated heterocycles. The predicted octanol–water partition coefficient (Wildman–Crippen LogP) is -0.435. The van der Waals surface area contributed by atoms with Gasteiger partial charge in [-0.25, -0.2) is 0 Å². The first-order valence-corrected chi connectivity index (χ1v) is 4.39. The number of hydrogen-bond acceptors (Lipinski definition) is 1. The third-order valence-corrected chi connectivity index (χ3v) is 1.89. The van der Waals surface area contributed by atoms with Crippen LogP contribution in [0.2, 0.25) is 0 Å². The second kappa shape index (κ2) is 8.65. The largest absolute Gasteiger partial charge is 1.00 e. The summed E-state index contributed by atoms with van der Waals surface area (Å²) in [5, 5.41) is 0. The molecule has 2 aliphatic rings. The maximum absolute atomic E-state index is 4.94. The molecule has 60 valence electrons. The van der Waals surface area contributed by atoms with Crippen molar-refractivity contribution in [2.45, 2.75) is 38.5 Å². The predicted molar refractivity (Wildman–Crippen MR) is 42.8 cm³/mol. The smallest absolute Gasteiger partial charge is 0.381 e. The molecule has 1 heterocycles. The molecular formula is C9H17LiO. The van der Waals surface area contributed by atoms with E-state index in [4.69, 9.17) is 4.74 Å². The SMILES string of the molecule is C1CCOC1.[CH-]1CCCC1.[Li+]. The van der Waals surface area contributed by atoms with Crippen molar-refractivity contribution in [3.63, 3.8) is 0 Å². The van der Waals surface area contributed by atoms with E-state index in [2.05, 4.69) is 6.42 Å². The second-order valence-electron chi connectivity index (χ2n) is 2.89. The molecule has 0 N–H and O–H groups in total. The van der Waals surface area contributed by atoms with Crippen LogP contribution in [0, 0.1) is 6.42 Å². The Balaban J connectivity index is 0.000000167. The van der Waals surface area contributed by atoms with Crippen molar-refractivity contribution in [3.8, 4) is 0 Å². The van der Waals surface area contributed by atoms with E-state index in [0.717, 1.165) is 13.2 Å². The van der Waals surface area contributed by atoms with Gasteiger partial charge in [0.25, 0.3) is 0 Å². The van der Waals surface area contributed by atoms with Gasteiger partial charge in [0.15, 0.2) is 0 Å². The minimum absolute atomic E-state index is 0. The minimum atomic E-state index is 0. The molecule has 11 heavy (non-hydrogen) atoms. The summed E-state index contributed by atoms with van der Waals surface area (Å²) in [5.74, 6) is 0. The molecule has 1 aliphatic carbocycles. The van der Waals surface area contributed by atoms with Gasteiger partial charge in [-0.05, 0) is 12.8 Å². The normalized spacial score (nSPS) is 21.8. The van der Waals surface area contributed by atoms with Gasteiger partial charge in [-0.2, -0.15) is 12.8 Å². The van der Waals surface area contributed by atoms with E-state index in [1.54, 1.807) is 0 Å². The molecule has 0 aromatic heterocycles. The molecule has 0 aromatic carbocycles. The number of rotatable bonds is 0. The molecular weight excluding hydrogens is 131 g/mol. The van der Waals surface area contributed by atoms with Crippen molar-refractivity contribution in [1.29, 1.82) is 0 Å². The quantitative estimate of drug-likeness (QED) is 0.334. The Morgan fingerprint density at radius 2 is 1.36 bits per heavy atom. The molecule has 0 unspecified atom stereocenters. The van der Waals surface area contributed by atoms with Gasteiger partial charge in [0.2, 0.25) is 0 Å². The molecule has 0 radical (unpaired) electrons. The first kappa shape index (κ1) is 11.6. The average Bonchev–Trinajstić information content (AvgIpc) is 2.67. The van der Waals surface area contributed by atoms with Gasteiger partial charge >= 0.3 is 18.9 Å². The zero-order valence-corrected chi connectivity index (χ0v) is 7.64. The summed E-state index contributed by atoms with van der Waals surface area (Å²) in [7, 11) is 0. The zero-order chi connectivity index (χ0) is 7.07. The molecule has 2 fully saturated rings. The van der Waals surface area contributed by atoms with Crippen molar-refractivity contribution in [2.24, 2.45) is 0 Å². The van der Waals surface area contributed by atoms with Crippen LogP contribution in [0.3, 0.4) is 0 Å². The van der Waals surface area contributed by atoms with Crippen LogP contribution in [-0.2, 0) is 4.74 Å². The van der Waals surface area contributed by atoms with E-state index in [9.17, 15) is 0 Å². The number of hydrogen-bond donors (Lipinski definition) is 0. The second-order valence-corrected chi connectivity index (χ2v) is 2.89. The molecule has 2 heteroatoms. The summed E-state index contributed by atoms with van der Waals surface area (Å²) in [5.41, 5.74) is 0. The summed E-state index contributed by atoms with van der Waals surface area (Å²) in [6.07, 6.45) is 10.6. The summed E-state index contributed by atoms with van der Waals surface area (Å²) in [6, 6.07) is 0. The molecule has 1 nitrogen and oxygen atoms in total. The van der Waals surface area contributed by atoms with Gasteiger partial charge in [0.1, 0.15) is 0 Å². The molecule has 0 aromatic rings. The maximum Gasteiger partial charge on any atom is 1.00 e. The summed E-state index contributed by atoms with van der Waals surface area (Å²) in [6.45, 7) is 2.00. The van der Waals surface area contributed by atoms with Crippen LogP contribution in [0.4, 0.5) is 0 Å². The molecule has 0 spiro atoms. The van der Waals surface area contributed by atoms with Crippen molar-refractivity contribution in [1.82, 2.24) is 0 Å². The van der Waals surface area contributed by atoms with Gasteiger partial charge in [0, 0.05) is 13.2 Å². The Morgan fingerprint density at radius 1 is 0.818 bits per heavy atom. The first-order chi connectivity index (χ1) is 5.00. The van der Waals surface area contributed by atoms with Crippen molar-refractivity contribution >= 4 is 0 Å². The Kier molecular flexibility index (Phi) is 9.09. The Hall–Kier alpha value is 0.557. The van der Waals surface area contributed by atoms with Crippen LogP contribution in [0.5, 0.6) is 0 Å². The summed E-state index contributed by atoms with van der Waals surface area (Å²) >= 11 is 0. The molecule has 1 aliphatic heterocycles. The van der Waals surface area contributed by atoms with Crippen LogP contribution in [0.25, 0.3) is 0 Å². The number of ether oxygens (including phenoxy) is 1. The van der Waals surface area contributed by atoms with Crippen LogP contribution in [0.1, 0.15) is 38.5 Å². The van der Waals surface area contributed by atoms with Gasteiger partial charge in [-0.15, -0.1) is 0 Å². The fourth-order valence-corrected chi connectivity index (χ4v) is 1.23. The van der Waals surface area contributed by atoms with Crippen molar-refractivity contribution in [2.75, 3.05) is 13.2 Å². The van der Waals surface area contributed by atoms with E-state index in [1.807, 2.05) is 0 Å². The zero-order valence-electron chi connectivity index (χ0n) is 7.64. The molecule has 0 amide bonds. The Labute approximate surface area is 82.1 Å². The summed E-state index contributed by atoms with van der Waals surface area (Å²) < 4.78 is 4.94. The molecule has 0 atom stereocenters. The fourth-order valence-electron chi connectivity index (χ4n) is 1.23. The van der Waals surface area contributed by atoms with E-state index in [-0.39, 0.29) is 18.9 Å². The maximum atomic E-state index is 4.94. The molecule has 2 rings (SSSR count). The van der Waals surface area contributed by atoms with Gasteiger partial charge in [0.05, 0.1) is 0 Å². The van der Waals surface area contributed by atoms with E-state index in [1.165, 1.54) is 38.5 Å². The fraction of sp³-hybridized carbons (Fsp3) is 0.889. The average molecular weight is 148 g/mol. The van der Waals surface area contributed by atoms with Crippen molar-refractivity contribution in [3.05, 3.63) is 6.42 Å². The third-order valence-electron chi connectivity index (χ3n) is 1.89. The Morgan fingerprint density at radius 3 is 1.55 bits per heavy atom. The Bertz CT molecular complexity index is 42.7. The van der Waals surface area contributed by atoms with Gasteiger partial charge < -0.3 is 11.2 Å². The van der Waals surface area contributed by atoms with Crippen LogP contribution in [-0.4, -0.2) is 13.2 Å². The minimum Gasteiger partial charge on any atom is -0.381 e. The van der Waals surface area contributed by atoms with Crippen LogP contribution >= 0.6 is 0 Å². The monoisotopic (exact) mass is 148 g/mol. The first-order valence-electron chi connectivity index (χ1n) is 4.39. The van der Waals surface area contributed by atoms with E-state index in [0.29, 0.717) is 0 Å². The van der Waals surface area contributed by atoms with Crippen LogP contribution < -0.4 is 18.9 Å². The molecule has 0 bridgehead atoms. The van der Waals surface area contributed by atoms with Crippen molar-refractivity contribution < 1.29 is 23.6 Å². The third kappa shape index (κ3) is 6.94. The van der Waals surface area contributed by atoms with E-state index >= 15 is 0 Å². The molecule has 1 saturated carbocycles.